The summed E-state index contributed by atoms with van der Waals surface area (Å²) in [6.45, 7) is 2.27. The number of hydrogen-bond donors (Lipinski definition) is 1. The zero-order chi connectivity index (χ0) is 18.2. The normalized spacial score (nSPS) is 10.2. The predicted octanol–water partition coefficient (Wildman–Crippen LogP) is 3.73. The molecule has 0 saturated carbocycles. The van der Waals surface area contributed by atoms with Crippen LogP contribution in [0.3, 0.4) is 0 Å². The molecule has 0 heterocycles. The van der Waals surface area contributed by atoms with Gasteiger partial charge in [0.2, 0.25) is 11.8 Å². The third-order valence-electron chi connectivity index (χ3n) is 3.73. The highest BCUT2D eigenvalue weighted by molar-refractivity contribution is 6.33. The summed E-state index contributed by atoms with van der Waals surface area (Å²) in [6, 6.07) is 14.5. The molecule has 0 aliphatic heterocycles. The number of carbonyl (C=O) groups is 2. The molecular formula is C19H21ClN2O3. The van der Waals surface area contributed by atoms with Crippen molar-refractivity contribution in [1.82, 2.24) is 4.90 Å². The molecule has 0 aliphatic rings. The maximum absolute atomic E-state index is 12.1. The van der Waals surface area contributed by atoms with E-state index in [1.54, 1.807) is 36.3 Å². The minimum absolute atomic E-state index is 0.0821. The van der Waals surface area contributed by atoms with Gasteiger partial charge < -0.3 is 15.0 Å². The van der Waals surface area contributed by atoms with Crippen LogP contribution in [0.4, 0.5) is 5.69 Å². The molecule has 6 heteroatoms. The van der Waals surface area contributed by atoms with E-state index >= 15 is 0 Å². The Kier molecular flexibility index (Phi) is 6.83. The van der Waals surface area contributed by atoms with Crippen LogP contribution in [-0.4, -0.2) is 30.4 Å². The highest BCUT2D eigenvalue weighted by atomic mass is 35.5. The van der Waals surface area contributed by atoms with Crippen LogP contribution in [0, 0.1) is 0 Å². The van der Waals surface area contributed by atoms with E-state index in [9.17, 15) is 9.59 Å². The Morgan fingerprint density at radius 1 is 1.12 bits per heavy atom. The second kappa shape index (κ2) is 9.08. The van der Waals surface area contributed by atoms with E-state index in [0.717, 1.165) is 11.3 Å². The van der Waals surface area contributed by atoms with E-state index in [1.165, 1.54) is 6.92 Å². The number of para-hydroxylation sites is 1. The lowest BCUT2D eigenvalue weighted by atomic mass is 10.2. The van der Waals surface area contributed by atoms with Gasteiger partial charge in [0, 0.05) is 26.4 Å². The molecule has 2 rings (SSSR count). The largest absolute Gasteiger partial charge is 0.497 e. The van der Waals surface area contributed by atoms with Crippen molar-refractivity contribution in [2.24, 2.45) is 0 Å². The summed E-state index contributed by atoms with van der Waals surface area (Å²) in [6.07, 6.45) is 0.195. The third-order valence-corrected chi connectivity index (χ3v) is 4.06. The average molecular weight is 361 g/mol. The monoisotopic (exact) mass is 360 g/mol. The van der Waals surface area contributed by atoms with Crippen molar-refractivity contribution in [2.45, 2.75) is 19.9 Å². The smallest absolute Gasteiger partial charge is 0.226 e. The van der Waals surface area contributed by atoms with Gasteiger partial charge in [-0.2, -0.15) is 0 Å². The van der Waals surface area contributed by atoms with Gasteiger partial charge in [-0.1, -0.05) is 35.9 Å². The van der Waals surface area contributed by atoms with Crippen LogP contribution < -0.4 is 10.1 Å². The van der Waals surface area contributed by atoms with Crippen molar-refractivity contribution in [2.75, 3.05) is 19.0 Å². The summed E-state index contributed by atoms with van der Waals surface area (Å²) in [5, 5.41) is 3.24. The number of amides is 2. The summed E-state index contributed by atoms with van der Waals surface area (Å²) in [5.41, 5.74) is 1.54. The van der Waals surface area contributed by atoms with Crippen LogP contribution >= 0.6 is 11.6 Å². The number of methoxy groups -OCH3 is 1. The fourth-order valence-electron chi connectivity index (χ4n) is 2.31. The van der Waals surface area contributed by atoms with Gasteiger partial charge in [-0.05, 0) is 29.8 Å². The number of ether oxygens (including phenoxy) is 1. The molecule has 0 fully saturated rings. The third kappa shape index (κ3) is 5.80. The molecule has 0 bridgehead atoms. The van der Waals surface area contributed by atoms with E-state index in [2.05, 4.69) is 5.32 Å². The Hall–Kier alpha value is -2.53. The minimum atomic E-state index is -0.186. The first-order valence-electron chi connectivity index (χ1n) is 7.92. The van der Waals surface area contributed by atoms with Crippen molar-refractivity contribution in [3.05, 3.63) is 59.1 Å². The van der Waals surface area contributed by atoms with Crippen LogP contribution in [0.15, 0.2) is 48.5 Å². The number of rotatable bonds is 7. The molecule has 5 nitrogen and oxygen atoms in total. The van der Waals surface area contributed by atoms with E-state index < -0.39 is 0 Å². The van der Waals surface area contributed by atoms with Crippen LogP contribution in [0.1, 0.15) is 18.9 Å². The highest BCUT2D eigenvalue weighted by Crippen LogP contribution is 2.20. The number of anilines is 1. The summed E-state index contributed by atoms with van der Waals surface area (Å²) in [7, 11) is 1.61. The Morgan fingerprint density at radius 3 is 2.40 bits per heavy atom. The molecule has 132 valence electrons. The molecule has 2 aromatic rings. The molecule has 0 aliphatic carbocycles. The fraction of sp³-hybridized carbons (Fsp3) is 0.263. The lowest BCUT2D eigenvalue weighted by Crippen LogP contribution is -2.31. The van der Waals surface area contributed by atoms with Crippen molar-refractivity contribution in [1.29, 1.82) is 0 Å². The quantitative estimate of drug-likeness (QED) is 0.818. The zero-order valence-corrected chi connectivity index (χ0v) is 15.0. The van der Waals surface area contributed by atoms with Crippen molar-refractivity contribution >= 4 is 29.1 Å². The average Bonchev–Trinajstić information content (AvgIpc) is 2.61. The molecule has 0 atom stereocenters. The maximum Gasteiger partial charge on any atom is 0.226 e. The van der Waals surface area contributed by atoms with E-state index in [0.29, 0.717) is 23.8 Å². The molecule has 0 spiro atoms. The first-order chi connectivity index (χ1) is 12.0. The van der Waals surface area contributed by atoms with Crippen molar-refractivity contribution < 1.29 is 14.3 Å². The summed E-state index contributed by atoms with van der Waals surface area (Å²) >= 11 is 6.02. The topological polar surface area (TPSA) is 58.6 Å². The molecule has 25 heavy (non-hydrogen) atoms. The maximum atomic E-state index is 12.1. The first-order valence-corrected chi connectivity index (χ1v) is 8.30. The van der Waals surface area contributed by atoms with Crippen LogP contribution in [0.5, 0.6) is 5.75 Å². The molecule has 0 aromatic heterocycles. The first kappa shape index (κ1) is 18.8. The molecule has 0 radical (unpaired) electrons. The molecule has 1 N–H and O–H groups in total. The van der Waals surface area contributed by atoms with E-state index in [1.807, 2.05) is 24.3 Å². The Bertz CT molecular complexity index is 732. The van der Waals surface area contributed by atoms with Gasteiger partial charge in [0.05, 0.1) is 17.8 Å². The van der Waals surface area contributed by atoms with Gasteiger partial charge in [0.15, 0.2) is 0 Å². The van der Waals surface area contributed by atoms with Gasteiger partial charge in [-0.3, -0.25) is 9.59 Å². The molecular weight excluding hydrogens is 340 g/mol. The number of nitrogens with one attached hydrogen (secondary N) is 1. The van der Waals surface area contributed by atoms with Crippen molar-refractivity contribution in [3.8, 4) is 5.75 Å². The summed E-state index contributed by atoms with van der Waals surface area (Å²) < 4.78 is 5.12. The van der Waals surface area contributed by atoms with Gasteiger partial charge in [-0.25, -0.2) is 0 Å². The van der Waals surface area contributed by atoms with Crippen molar-refractivity contribution in [3.63, 3.8) is 0 Å². The number of nitrogens with zero attached hydrogens (tertiary/aromatic N) is 1. The standard InChI is InChI=1S/C19H21ClN2O3/c1-14(23)22(13-15-7-9-16(25-2)10-8-15)12-11-19(24)21-18-6-4-3-5-17(18)20/h3-10H,11-13H2,1-2H3,(H,21,24). The summed E-state index contributed by atoms with van der Waals surface area (Å²) in [5.74, 6) is 0.493. The zero-order valence-electron chi connectivity index (χ0n) is 14.3. The van der Waals surface area contributed by atoms with E-state index in [4.69, 9.17) is 16.3 Å². The number of benzene rings is 2. The SMILES string of the molecule is COc1ccc(CN(CCC(=O)Nc2ccccc2Cl)C(C)=O)cc1. The second-order valence-electron chi connectivity index (χ2n) is 5.57. The molecule has 0 saturated heterocycles. The fourth-order valence-corrected chi connectivity index (χ4v) is 2.49. The van der Waals surface area contributed by atoms with Gasteiger partial charge >= 0.3 is 0 Å². The van der Waals surface area contributed by atoms with Crippen LogP contribution in [-0.2, 0) is 16.1 Å². The van der Waals surface area contributed by atoms with Gasteiger partial charge in [0.1, 0.15) is 5.75 Å². The lowest BCUT2D eigenvalue weighted by molar-refractivity contribution is -0.129. The Morgan fingerprint density at radius 2 is 1.80 bits per heavy atom. The minimum Gasteiger partial charge on any atom is -0.497 e. The molecule has 2 aromatic carbocycles. The molecule has 2 amide bonds. The van der Waals surface area contributed by atoms with Gasteiger partial charge in [-0.15, -0.1) is 0 Å². The van der Waals surface area contributed by atoms with Gasteiger partial charge in [0.25, 0.3) is 0 Å². The van der Waals surface area contributed by atoms with E-state index in [-0.39, 0.29) is 18.2 Å². The number of halogens is 1. The number of carbonyl (C=O) groups excluding carboxylic acids is 2. The van der Waals surface area contributed by atoms with Crippen LogP contribution in [0.2, 0.25) is 5.02 Å². The number of hydrogen-bond acceptors (Lipinski definition) is 3. The lowest BCUT2D eigenvalue weighted by Gasteiger charge is -2.21. The Labute approximate surface area is 152 Å². The second-order valence-corrected chi connectivity index (χ2v) is 5.97. The predicted molar refractivity (Wildman–Crippen MR) is 98.8 cm³/mol. The summed E-state index contributed by atoms with van der Waals surface area (Å²) in [4.78, 5) is 25.6. The Balaban J connectivity index is 1.91. The molecule has 0 unspecified atom stereocenters. The highest BCUT2D eigenvalue weighted by Gasteiger charge is 2.13. The van der Waals surface area contributed by atoms with Crippen LogP contribution in [0.25, 0.3) is 0 Å².